The number of carboxylic acid groups (broad SMARTS) is 2. The maximum absolute atomic E-state index is 12.4. The molecule has 32 heavy (non-hydrogen) atoms. The van der Waals surface area contributed by atoms with Crippen LogP contribution in [0.2, 0.25) is 0 Å². The molecule has 0 spiro atoms. The number of aromatic carboxylic acids is 2. The van der Waals surface area contributed by atoms with E-state index in [1.54, 1.807) is 30.3 Å². The number of oxime groups is 1. The lowest BCUT2D eigenvalue weighted by atomic mass is 9.99. The van der Waals surface area contributed by atoms with Crippen molar-refractivity contribution >= 4 is 29.7 Å². The number of benzene rings is 2. The smallest absolute Gasteiger partial charge is 0.368 e. The quantitative estimate of drug-likeness (QED) is 0.469. The predicted molar refractivity (Wildman–Crippen MR) is 116 cm³/mol. The van der Waals surface area contributed by atoms with E-state index in [-0.39, 0.29) is 16.7 Å². The van der Waals surface area contributed by atoms with Gasteiger partial charge in [-0.2, -0.15) is 0 Å². The average Bonchev–Trinajstić information content (AvgIpc) is 3.27. The van der Waals surface area contributed by atoms with Gasteiger partial charge >= 0.3 is 17.9 Å². The molecule has 0 saturated carbocycles. The number of rotatable bonds is 5. The summed E-state index contributed by atoms with van der Waals surface area (Å²) in [5, 5.41) is 22.1. The minimum Gasteiger partial charge on any atom is -0.478 e. The number of nitrogens with zero attached hydrogens (tertiary/aromatic N) is 2. The van der Waals surface area contributed by atoms with Crippen molar-refractivity contribution in [1.29, 1.82) is 0 Å². The number of aryl methyl sites for hydroxylation is 1. The highest BCUT2D eigenvalue weighted by atomic mass is 16.7. The van der Waals surface area contributed by atoms with Crippen molar-refractivity contribution in [3.63, 3.8) is 0 Å². The maximum Gasteiger partial charge on any atom is 0.368 e. The van der Waals surface area contributed by atoms with Crippen LogP contribution in [0.15, 0.2) is 65.3 Å². The topological polar surface area (TPSA) is 118 Å². The van der Waals surface area contributed by atoms with Gasteiger partial charge in [-0.15, -0.1) is 0 Å². The summed E-state index contributed by atoms with van der Waals surface area (Å²) >= 11 is 0. The summed E-state index contributed by atoms with van der Waals surface area (Å²) < 4.78 is 1.96. The van der Waals surface area contributed by atoms with Crippen molar-refractivity contribution in [3.8, 4) is 5.69 Å². The van der Waals surface area contributed by atoms with Crippen molar-refractivity contribution < 1.29 is 29.4 Å². The lowest BCUT2D eigenvalue weighted by Gasteiger charge is -2.10. The van der Waals surface area contributed by atoms with Crippen LogP contribution in [0, 0.1) is 13.8 Å². The summed E-state index contributed by atoms with van der Waals surface area (Å²) in [7, 11) is 0. The summed E-state index contributed by atoms with van der Waals surface area (Å²) in [6, 6.07) is 14.5. The largest absolute Gasteiger partial charge is 0.478 e. The minimum absolute atomic E-state index is 0.127. The van der Waals surface area contributed by atoms with Crippen molar-refractivity contribution in [1.82, 2.24) is 4.57 Å². The van der Waals surface area contributed by atoms with Crippen LogP contribution in [0.25, 0.3) is 11.8 Å². The van der Waals surface area contributed by atoms with E-state index in [1.165, 1.54) is 24.3 Å². The van der Waals surface area contributed by atoms with E-state index in [9.17, 15) is 14.4 Å². The Hall–Kier alpha value is -4.46. The lowest BCUT2D eigenvalue weighted by Crippen LogP contribution is -2.07. The molecule has 3 aromatic rings. The second-order valence-corrected chi connectivity index (χ2v) is 7.27. The van der Waals surface area contributed by atoms with Crippen molar-refractivity contribution in [3.05, 3.63) is 93.8 Å². The Kier molecular flexibility index (Phi) is 5.19. The fraction of sp³-hybridized carbons (Fsp3) is 0.0833. The maximum atomic E-state index is 12.4. The highest BCUT2D eigenvalue weighted by molar-refractivity contribution is 6.31. The van der Waals surface area contributed by atoms with Crippen molar-refractivity contribution in [2.75, 3.05) is 0 Å². The molecule has 0 amide bonds. The number of hydrogen-bond donors (Lipinski definition) is 2. The summed E-state index contributed by atoms with van der Waals surface area (Å²) in [4.78, 5) is 39.4. The Morgan fingerprint density at radius 1 is 0.938 bits per heavy atom. The van der Waals surface area contributed by atoms with Crippen LogP contribution in [-0.2, 0) is 9.63 Å². The van der Waals surface area contributed by atoms with Gasteiger partial charge in [-0.25, -0.2) is 14.4 Å². The zero-order valence-electron chi connectivity index (χ0n) is 17.2. The molecule has 1 aliphatic heterocycles. The van der Waals surface area contributed by atoms with Gasteiger partial charge in [0, 0.05) is 22.6 Å². The highest BCUT2D eigenvalue weighted by Crippen LogP contribution is 2.26. The number of carbonyl (C=O) groups excluding carboxylic acids is 1. The average molecular weight is 430 g/mol. The van der Waals surface area contributed by atoms with Gasteiger partial charge in [0.15, 0.2) is 0 Å². The second-order valence-electron chi connectivity index (χ2n) is 7.27. The van der Waals surface area contributed by atoms with Gasteiger partial charge in [0.05, 0.1) is 16.7 Å². The first kappa shape index (κ1) is 20.8. The molecule has 8 nitrogen and oxygen atoms in total. The van der Waals surface area contributed by atoms with E-state index in [0.29, 0.717) is 11.3 Å². The van der Waals surface area contributed by atoms with Crippen LogP contribution in [0.4, 0.5) is 0 Å². The molecule has 1 aliphatic rings. The fourth-order valence-corrected chi connectivity index (χ4v) is 3.63. The molecule has 160 valence electrons. The molecule has 0 fully saturated rings. The van der Waals surface area contributed by atoms with E-state index < -0.39 is 17.9 Å². The van der Waals surface area contributed by atoms with Gasteiger partial charge in [-0.1, -0.05) is 17.3 Å². The molecule has 0 saturated heterocycles. The lowest BCUT2D eigenvalue weighted by molar-refractivity contribution is -0.136. The van der Waals surface area contributed by atoms with E-state index in [0.717, 1.165) is 22.6 Å². The summed E-state index contributed by atoms with van der Waals surface area (Å²) in [6.45, 7) is 3.80. The van der Waals surface area contributed by atoms with Crippen LogP contribution in [0.5, 0.6) is 0 Å². The molecule has 8 heteroatoms. The van der Waals surface area contributed by atoms with Crippen LogP contribution >= 0.6 is 0 Å². The molecule has 4 rings (SSSR count). The molecule has 0 bridgehead atoms. The molecular formula is C24H18N2O6. The SMILES string of the molecule is Cc1cc(C=C2C(=O)ON=C2c2ccc(C(=O)O)cc2)c(C)n1-c1ccc(C(=O)O)cc1. The molecule has 0 unspecified atom stereocenters. The number of aromatic nitrogens is 1. The van der Waals surface area contributed by atoms with Gasteiger partial charge in [0.1, 0.15) is 5.71 Å². The van der Waals surface area contributed by atoms with Crippen molar-refractivity contribution in [2.24, 2.45) is 5.16 Å². The first-order valence-electron chi connectivity index (χ1n) is 9.64. The minimum atomic E-state index is -1.04. The molecule has 2 heterocycles. The van der Waals surface area contributed by atoms with Gasteiger partial charge in [-0.05, 0) is 68.0 Å². The van der Waals surface area contributed by atoms with E-state index in [4.69, 9.17) is 15.1 Å². The van der Waals surface area contributed by atoms with Crippen LogP contribution in [-0.4, -0.2) is 38.4 Å². The molecule has 1 aromatic heterocycles. The molecule has 0 aliphatic carbocycles. The van der Waals surface area contributed by atoms with Gasteiger partial charge < -0.3 is 19.6 Å². The third kappa shape index (κ3) is 3.69. The zero-order valence-corrected chi connectivity index (χ0v) is 17.2. The van der Waals surface area contributed by atoms with E-state index in [2.05, 4.69) is 5.16 Å². The first-order valence-corrected chi connectivity index (χ1v) is 9.64. The standard InChI is InChI=1S/C24H18N2O6/c1-13-11-18(14(2)26(13)19-9-7-17(8-10-19)23(29)30)12-20-21(25-32-24(20)31)15-3-5-16(6-4-15)22(27)28/h3-12H,1-2H3,(H,27,28)(H,29,30). The second kappa shape index (κ2) is 7.99. The Balaban J connectivity index is 1.72. The Morgan fingerprint density at radius 2 is 1.50 bits per heavy atom. The molecule has 2 aromatic carbocycles. The van der Waals surface area contributed by atoms with Crippen LogP contribution in [0.3, 0.4) is 0 Å². The third-order valence-electron chi connectivity index (χ3n) is 5.24. The molecular weight excluding hydrogens is 412 g/mol. The van der Waals surface area contributed by atoms with Crippen LogP contribution < -0.4 is 0 Å². The normalized spacial score (nSPS) is 14.4. The summed E-state index contributed by atoms with van der Waals surface area (Å²) in [6.07, 6.45) is 1.68. The summed E-state index contributed by atoms with van der Waals surface area (Å²) in [5.41, 5.74) is 4.77. The Morgan fingerprint density at radius 3 is 2.06 bits per heavy atom. The first-order chi connectivity index (χ1) is 15.3. The third-order valence-corrected chi connectivity index (χ3v) is 5.24. The molecule has 2 N–H and O–H groups in total. The molecule has 0 atom stereocenters. The molecule has 0 radical (unpaired) electrons. The number of carboxylic acids is 2. The van der Waals surface area contributed by atoms with Gasteiger partial charge in [-0.3, -0.25) is 0 Å². The Labute approximate surface area is 182 Å². The monoisotopic (exact) mass is 430 g/mol. The summed E-state index contributed by atoms with van der Waals surface area (Å²) in [5.74, 6) is -2.64. The van der Waals surface area contributed by atoms with Crippen molar-refractivity contribution in [2.45, 2.75) is 13.8 Å². The van der Waals surface area contributed by atoms with Crippen LogP contribution in [0.1, 0.15) is 43.2 Å². The Bertz CT molecular complexity index is 1310. The van der Waals surface area contributed by atoms with E-state index >= 15 is 0 Å². The van der Waals surface area contributed by atoms with E-state index in [1.807, 2.05) is 24.5 Å². The fourth-order valence-electron chi connectivity index (χ4n) is 3.63. The van der Waals surface area contributed by atoms with Gasteiger partial charge in [0.25, 0.3) is 0 Å². The van der Waals surface area contributed by atoms with Gasteiger partial charge in [0.2, 0.25) is 0 Å². The predicted octanol–water partition coefficient (Wildman–Crippen LogP) is 3.84. The zero-order chi connectivity index (χ0) is 23.0. The number of hydrogen-bond acceptors (Lipinski definition) is 5. The highest BCUT2D eigenvalue weighted by Gasteiger charge is 2.27. The number of carbonyl (C=O) groups is 3.